The highest BCUT2D eigenvalue weighted by Gasteiger charge is 2.11. The highest BCUT2D eigenvalue weighted by atomic mass is 16.5. The molecule has 0 radical (unpaired) electrons. The maximum absolute atomic E-state index is 10.3. The van der Waals surface area contributed by atoms with Crippen LogP contribution in [-0.4, -0.2) is 29.5 Å². The van der Waals surface area contributed by atoms with E-state index in [1.807, 2.05) is 0 Å². The Kier molecular flexibility index (Phi) is 3.30. The predicted octanol–water partition coefficient (Wildman–Crippen LogP) is 0.510. The van der Waals surface area contributed by atoms with E-state index in [9.17, 15) is 4.79 Å². The molecule has 0 spiro atoms. The molecule has 1 unspecified atom stereocenters. The maximum atomic E-state index is 10.3. The van der Waals surface area contributed by atoms with Gasteiger partial charge in [-0.2, -0.15) is 0 Å². The minimum atomic E-state index is -1.59. The van der Waals surface area contributed by atoms with E-state index < -0.39 is 12.2 Å². The van der Waals surface area contributed by atoms with Gasteiger partial charge < -0.3 is 20.3 Å². The number of nitrogens with one attached hydrogen (secondary N) is 1. The van der Waals surface area contributed by atoms with E-state index in [2.05, 4.69) is 5.32 Å². The van der Waals surface area contributed by atoms with Gasteiger partial charge in [0.1, 0.15) is 5.75 Å². The summed E-state index contributed by atoms with van der Waals surface area (Å²) in [5, 5.41) is 19.8. The number of ether oxygens (including phenoxy) is 1. The lowest BCUT2D eigenvalue weighted by Crippen LogP contribution is -2.28. The minimum absolute atomic E-state index is 0.515. The van der Waals surface area contributed by atoms with Crippen molar-refractivity contribution in [3.63, 3.8) is 0 Å². The van der Waals surface area contributed by atoms with Gasteiger partial charge in [-0.25, -0.2) is 4.79 Å². The highest BCUT2D eigenvalue weighted by molar-refractivity contribution is 5.75. The third-order valence-corrected chi connectivity index (χ3v) is 1.63. The van der Waals surface area contributed by atoms with Crippen LogP contribution in [0.3, 0.4) is 0 Å². The van der Waals surface area contributed by atoms with Gasteiger partial charge in [0.25, 0.3) is 0 Å². The average molecular weight is 197 g/mol. The second-order valence-electron chi connectivity index (χ2n) is 2.61. The fraction of sp³-hybridized carbons (Fsp3) is 0.222. The summed E-state index contributed by atoms with van der Waals surface area (Å²) in [5.74, 6) is -0.652. The molecule has 14 heavy (non-hydrogen) atoms. The summed E-state index contributed by atoms with van der Waals surface area (Å²) in [7, 11) is 1.54. The van der Waals surface area contributed by atoms with Gasteiger partial charge in [0.2, 0.25) is 6.23 Å². The fourth-order valence-corrected chi connectivity index (χ4v) is 0.907. The number of methoxy groups -OCH3 is 1. The first-order chi connectivity index (χ1) is 6.63. The predicted molar refractivity (Wildman–Crippen MR) is 50.3 cm³/mol. The van der Waals surface area contributed by atoms with Crippen molar-refractivity contribution >= 4 is 11.7 Å². The maximum Gasteiger partial charge on any atom is 0.353 e. The molecule has 1 atom stereocenters. The molecular weight excluding hydrogens is 186 g/mol. The standard InChI is InChI=1S/C9H11NO4/c1-14-7-4-2-6(3-5-7)10-8(11)9(12)13/h2-5,8,10-11H,1H3,(H,12,13). The molecule has 0 heterocycles. The molecule has 76 valence electrons. The molecule has 0 amide bonds. The second kappa shape index (κ2) is 4.48. The van der Waals surface area contributed by atoms with Crippen LogP contribution in [0.1, 0.15) is 0 Å². The first kappa shape index (κ1) is 10.3. The molecule has 0 saturated carbocycles. The smallest absolute Gasteiger partial charge is 0.353 e. The van der Waals surface area contributed by atoms with Crippen molar-refractivity contribution in [3.8, 4) is 5.75 Å². The van der Waals surface area contributed by atoms with Gasteiger partial charge in [0.05, 0.1) is 7.11 Å². The molecule has 1 aromatic rings. The number of hydrogen-bond acceptors (Lipinski definition) is 4. The largest absolute Gasteiger partial charge is 0.497 e. The summed E-state index contributed by atoms with van der Waals surface area (Å²) in [6.45, 7) is 0. The van der Waals surface area contributed by atoms with Crippen LogP contribution >= 0.6 is 0 Å². The number of anilines is 1. The molecule has 0 aliphatic rings. The molecule has 0 saturated heterocycles. The lowest BCUT2D eigenvalue weighted by molar-refractivity contribution is -0.145. The molecule has 1 aromatic carbocycles. The first-order valence-corrected chi connectivity index (χ1v) is 3.95. The minimum Gasteiger partial charge on any atom is -0.497 e. The Morgan fingerprint density at radius 1 is 1.43 bits per heavy atom. The van der Waals surface area contributed by atoms with Gasteiger partial charge in [-0.05, 0) is 24.3 Å². The van der Waals surface area contributed by atoms with Crippen molar-refractivity contribution in [3.05, 3.63) is 24.3 Å². The lowest BCUT2D eigenvalue weighted by Gasteiger charge is -2.09. The summed E-state index contributed by atoms with van der Waals surface area (Å²) < 4.78 is 4.92. The number of carboxylic acids is 1. The van der Waals surface area contributed by atoms with Crippen LogP contribution in [-0.2, 0) is 4.79 Å². The molecule has 0 aliphatic carbocycles. The van der Waals surface area contributed by atoms with E-state index in [4.69, 9.17) is 14.9 Å². The van der Waals surface area contributed by atoms with Gasteiger partial charge >= 0.3 is 5.97 Å². The van der Waals surface area contributed by atoms with Gasteiger partial charge in [-0.15, -0.1) is 0 Å². The van der Waals surface area contributed by atoms with Gasteiger partial charge in [0, 0.05) is 5.69 Å². The van der Waals surface area contributed by atoms with Gasteiger partial charge in [-0.1, -0.05) is 0 Å². The lowest BCUT2D eigenvalue weighted by atomic mass is 10.3. The molecule has 5 heteroatoms. The topological polar surface area (TPSA) is 78.8 Å². The number of hydrogen-bond donors (Lipinski definition) is 3. The monoisotopic (exact) mass is 197 g/mol. The Labute approximate surface area is 80.9 Å². The Morgan fingerprint density at radius 2 is 2.00 bits per heavy atom. The fourth-order valence-electron chi connectivity index (χ4n) is 0.907. The number of rotatable bonds is 4. The van der Waals surface area contributed by atoms with Crippen LogP contribution in [0, 0.1) is 0 Å². The molecule has 5 nitrogen and oxygen atoms in total. The van der Waals surface area contributed by atoms with E-state index in [-0.39, 0.29) is 0 Å². The average Bonchev–Trinajstić information content (AvgIpc) is 2.19. The zero-order valence-corrected chi connectivity index (χ0v) is 7.60. The van der Waals surface area contributed by atoms with Crippen molar-refractivity contribution in [2.24, 2.45) is 0 Å². The van der Waals surface area contributed by atoms with Crippen LogP contribution < -0.4 is 10.1 Å². The quantitative estimate of drug-likeness (QED) is 0.613. The van der Waals surface area contributed by atoms with E-state index in [1.54, 1.807) is 24.3 Å². The summed E-state index contributed by atoms with van der Waals surface area (Å²) in [5.41, 5.74) is 0.515. The van der Waals surface area contributed by atoms with Crippen LogP contribution in [0.4, 0.5) is 5.69 Å². The van der Waals surface area contributed by atoms with Crippen molar-refractivity contribution in [1.29, 1.82) is 0 Å². The molecule has 0 bridgehead atoms. The number of benzene rings is 1. The normalized spacial score (nSPS) is 11.9. The van der Waals surface area contributed by atoms with Crippen LogP contribution in [0.15, 0.2) is 24.3 Å². The van der Waals surface area contributed by atoms with Gasteiger partial charge in [0.15, 0.2) is 0 Å². The highest BCUT2D eigenvalue weighted by Crippen LogP contribution is 2.15. The number of aliphatic hydroxyl groups excluding tert-OH is 1. The summed E-state index contributed by atoms with van der Waals surface area (Å²) in [4.78, 5) is 10.3. The van der Waals surface area contributed by atoms with Crippen LogP contribution in [0.25, 0.3) is 0 Å². The summed E-state index contributed by atoms with van der Waals surface area (Å²) >= 11 is 0. The Bertz CT molecular complexity index is 309. The van der Waals surface area contributed by atoms with Crippen molar-refractivity contribution < 1.29 is 19.7 Å². The number of carboxylic acid groups (broad SMARTS) is 1. The Balaban J connectivity index is 2.64. The molecular formula is C9H11NO4. The first-order valence-electron chi connectivity index (χ1n) is 3.95. The zero-order chi connectivity index (χ0) is 10.6. The van der Waals surface area contributed by atoms with Crippen LogP contribution in [0.5, 0.6) is 5.75 Å². The van der Waals surface area contributed by atoms with E-state index in [0.29, 0.717) is 11.4 Å². The number of carbonyl (C=O) groups is 1. The molecule has 0 fully saturated rings. The number of aliphatic carboxylic acids is 1. The molecule has 3 N–H and O–H groups in total. The number of aliphatic hydroxyl groups is 1. The summed E-state index contributed by atoms with van der Waals surface area (Å²) in [6.07, 6.45) is -1.59. The van der Waals surface area contributed by atoms with E-state index in [1.165, 1.54) is 7.11 Å². The molecule has 1 rings (SSSR count). The third kappa shape index (κ3) is 2.63. The third-order valence-electron chi connectivity index (χ3n) is 1.63. The molecule has 0 aromatic heterocycles. The van der Waals surface area contributed by atoms with Gasteiger partial charge in [-0.3, -0.25) is 0 Å². The molecule has 0 aliphatic heterocycles. The van der Waals surface area contributed by atoms with E-state index in [0.717, 1.165) is 0 Å². The van der Waals surface area contributed by atoms with Crippen molar-refractivity contribution in [1.82, 2.24) is 0 Å². The second-order valence-corrected chi connectivity index (χ2v) is 2.61. The SMILES string of the molecule is COc1ccc(NC(O)C(=O)O)cc1. The Hall–Kier alpha value is -1.75. The van der Waals surface area contributed by atoms with E-state index >= 15 is 0 Å². The van der Waals surface area contributed by atoms with Crippen LogP contribution in [0.2, 0.25) is 0 Å². The Morgan fingerprint density at radius 3 is 2.43 bits per heavy atom. The van der Waals surface area contributed by atoms with Crippen molar-refractivity contribution in [2.75, 3.05) is 12.4 Å². The zero-order valence-electron chi connectivity index (χ0n) is 7.60. The summed E-state index contributed by atoms with van der Waals surface area (Å²) in [6, 6.07) is 6.56. The van der Waals surface area contributed by atoms with Crippen molar-refractivity contribution in [2.45, 2.75) is 6.23 Å².